The van der Waals surface area contributed by atoms with Gasteiger partial charge in [0.25, 0.3) is 0 Å². The number of primary amides is 1. The number of benzene rings is 1. The first-order valence-electron chi connectivity index (χ1n) is 13.0. The zero-order chi connectivity index (χ0) is 29.3. The number of nitrogens with two attached hydrogens (primary N) is 1. The van der Waals surface area contributed by atoms with Crippen molar-refractivity contribution in [3.05, 3.63) is 35.9 Å². The van der Waals surface area contributed by atoms with Crippen LogP contribution in [0.5, 0.6) is 0 Å². The number of likely N-dealkylation sites (N-methyl/N-ethyl adjacent to an activating group) is 1. The Morgan fingerprint density at radius 1 is 1.10 bits per heavy atom. The molecule has 5 amide bonds. The predicted molar refractivity (Wildman–Crippen MR) is 145 cm³/mol. The number of hydrogen-bond donors (Lipinski definition) is 5. The Labute approximate surface area is 229 Å². The predicted octanol–water partition coefficient (Wildman–Crippen LogP) is -0.410. The number of nitrogens with one attached hydrogen (secondary N) is 4. The highest BCUT2D eigenvalue weighted by Gasteiger charge is 2.45. The number of amides is 5. The number of carbonyl (C=O) groups is 5. The van der Waals surface area contributed by atoms with Crippen molar-refractivity contribution in [2.45, 2.75) is 71.2 Å². The fourth-order valence-corrected chi connectivity index (χ4v) is 4.38. The molecule has 0 aromatic heterocycles. The normalized spacial score (nSPS) is 19.5. The summed E-state index contributed by atoms with van der Waals surface area (Å²) in [5.74, 6) is -2.13. The Balaban J connectivity index is 2.34. The van der Waals surface area contributed by atoms with Gasteiger partial charge in [-0.1, -0.05) is 51.1 Å². The largest absolute Gasteiger partial charge is 0.369 e. The highest BCUT2D eigenvalue weighted by atomic mass is 16.5. The summed E-state index contributed by atoms with van der Waals surface area (Å²) >= 11 is 0. The molecule has 0 aliphatic carbocycles. The Kier molecular flexibility index (Phi) is 11.4. The molecule has 12 nitrogen and oxygen atoms in total. The third-order valence-electron chi connectivity index (χ3n) is 6.57. The molecule has 1 aliphatic heterocycles. The van der Waals surface area contributed by atoms with Gasteiger partial charge < -0.3 is 36.6 Å². The van der Waals surface area contributed by atoms with Crippen molar-refractivity contribution in [3.63, 3.8) is 0 Å². The number of carbonyl (C=O) groups excluding carboxylic acids is 5. The van der Waals surface area contributed by atoms with E-state index in [4.69, 9.17) is 10.5 Å². The van der Waals surface area contributed by atoms with Crippen molar-refractivity contribution in [1.29, 1.82) is 0 Å². The van der Waals surface area contributed by atoms with Crippen LogP contribution in [0.4, 0.5) is 0 Å². The van der Waals surface area contributed by atoms with Crippen molar-refractivity contribution < 1.29 is 28.7 Å². The van der Waals surface area contributed by atoms with E-state index >= 15 is 0 Å². The van der Waals surface area contributed by atoms with E-state index in [9.17, 15) is 24.0 Å². The van der Waals surface area contributed by atoms with Gasteiger partial charge in [0.2, 0.25) is 29.5 Å². The summed E-state index contributed by atoms with van der Waals surface area (Å²) < 4.78 is 5.40. The van der Waals surface area contributed by atoms with E-state index in [1.165, 1.54) is 11.8 Å². The summed E-state index contributed by atoms with van der Waals surface area (Å²) in [6.45, 7) is 8.33. The molecule has 0 saturated carbocycles. The summed E-state index contributed by atoms with van der Waals surface area (Å²) in [5.41, 5.74) is 5.26. The van der Waals surface area contributed by atoms with Crippen molar-refractivity contribution in [2.75, 3.05) is 26.8 Å². The summed E-state index contributed by atoms with van der Waals surface area (Å²) in [6, 6.07) is 5.63. The second-order valence-corrected chi connectivity index (χ2v) is 10.9. The van der Waals surface area contributed by atoms with Crippen LogP contribution in [0, 0.1) is 5.41 Å². The maximum absolute atomic E-state index is 13.9. The third kappa shape index (κ3) is 9.32. The standard InChI is InChI=1S/C27H42N6O6/c1-16(29-6)24(36)32-23(27(3,4)5)26(38)33-13-19(30-17(2)34)12-21(33)25(37)31-20(14-39-15-22(28)35)18-10-8-7-9-11-18/h7-11,16,19-21,23,29H,12-15H2,1-6H3,(H2,28,35)(H,30,34)(H,31,37)(H,32,36)/t16-,19-,20+,21-,23+/m0/s1. The molecule has 0 spiro atoms. The quantitative estimate of drug-likeness (QED) is 0.237. The van der Waals surface area contributed by atoms with E-state index in [1.54, 1.807) is 14.0 Å². The molecule has 1 saturated heterocycles. The molecular weight excluding hydrogens is 504 g/mol. The lowest BCUT2D eigenvalue weighted by Gasteiger charge is -2.36. The average Bonchev–Trinajstić information content (AvgIpc) is 3.28. The van der Waals surface area contributed by atoms with Crippen LogP contribution in [0.3, 0.4) is 0 Å². The van der Waals surface area contributed by atoms with Crippen LogP contribution in [0.1, 0.15) is 52.6 Å². The van der Waals surface area contributed by atoms with Crippen LogP contribution >= 0.6 is 0 Å². The molecule has 216 valence electrons. The highest BCUT2D eigenvalue weighted by Crippen LogP contribution is 2.27. The Morgan fingerprint density at radius 3 is 2.28 bits per heavy atom. The monoisotopic (exact) mass is 546 g/mol. The molecular formula is C27H42N6O6. The lowest BCUT2D eigenvalue weighted by atomic mass is 9.85. The molecule has 2 rings (SSSR count). The second kappa shape index (κ2) is 14.0. The zero-order valence-electron chi connectivity index (χ0n) is 23.6. The summed E-state index contributed by atoms with van der Waals surface area (Å²) in [5, 5.41) is 11.4. The van der Waals surface area contributed by atoms with E-state index in [0.717, 1.165) is 5.56 Å². The first kappa shape index (κ1) is 31.7. The van der Waals surface area contributed by atoms with Crippen molar-refractivity contribution in [1.82, 2.24) is 26.2 Å². The van der Waals surface area contributed by atoms with E-state index < -0.39 is 53.3 Å². The molecule has 1 aromatic rings. The molecule has 1 heterocycles. The molecule has 5 atom stereocenters. The highest BCUT2D eigenvalue weighted by molar-refractivity contribution is 5.94. The van der Waals surface area contributed by atoms with Gasteiger partial charge in [-0.15, -0.1) is 0 Å². The Bertz CT molecular complexity index is 1030. The van der Waals surface area contributed by atoms with Gasteiger partial charge in [-0.3, -0.25) is 24.0 Å². The number of rotatable bonds is 12. The van der Waals surface area contributed by atoms with Gasteiger partial charge in [0.15, 0.2) is 0 Å². The van der Waals surface area contributed by atoms with Gasteiger partial charge in [0, 0.05) is 19.5 Å². The maximum atomic E-state index is 13.9. The maximum Gasteiger partial charge on any atom is 0.246 e. The second-order valence-electron chi connectivity index (χ2n) is 10.9. The van der Waals surface area contributed by atoms with Crippen LogP contribution in [0.15, 0.2) is 30.3 Å². The minimum atomic E-state index is -0.920. The van der Waals surface area contributed by atoms with Crippen LogP contribution in [0.2, 0.25) is 0 Å². The minimum absolute atomic E-state index is 0.0168. The van der Waals surface area contributed by atoms with E-state index in [1.807, 2.05) is 51.1 Å². The molecule has 39 heavy (non-hydrogen) atoms. The minimum Gasteiger partial charge on any atom is -0.369 e. The smallest absolute Gasteiger partial charge is 0.246 e. The average molecular weight is 547 g/mol. The van der Waals surface area contributed by atoms with E-state index in [2.05, 4.69) is 21.3 Å². The lowest BCUT2D eigenvalue weighted by Crippen LogP contribution is -2.59. The SMILES string of the molecule is CN[C@@H](C)C(=O)N[C@H](C(=O)N1C[C@@H](NC(C)=O)C[C@H]1C(=O)N[C@H](COCC(N)=O)c1ccccc1)C(C)(C)C. The van der Waals surface area contributed by atoms with Gasteiger partial charge >= 0.3 is 0 Å². The van der Waals surface area contributed by atoms with Crippen LogP contribution in [0.25, 0.3) is 0 Å². The van der Waals surface area contributed by atoms with Gasteiger partial charge in [-0.2, -0.15) is 0 Å². The van der Waals surface area contributed by atoms with Crippen molar-refractivity contribution in [2.24, 2.45) is 11.1 Å². The summed E-state index contributed by atoms with van der Waals surface area (Å²) in [7, 11) is 1.65. The molecule has 1 aromatic carbocycles. The molecule has 0 unspecified atom stereocenters. The van der Waals surface area contributed by atoms with E-state index in [0.29, 0.717) is 0 Å². The van der Waals surface area contributed by atoms with Crippen molar-refractivity contribution >= 4 is 29.5 Å². The third-order valence-corrected chi connectivity index (χ3v) is 6.57. The van der Waals surface area contributed by atoms with Crippen LogP contribution in [-0.4, -0.2) is 85.4 Å². The number of nitrogens with zero attached hydrogens (tertiary/aromatic N) is 1. The molecule has 0 bridgehead atoms. The topological polar surface area (TPSA) is 172 Å². The Morgan fingerprint density at radius 2 is 1.74 bits per heavy atom. The Hall–Kier alpha value is -3.51. The first-order valence-corrected chi connectivity index (χ1v) is 13.0. The van der Waals surface area contributed by atoms with Crippen molar-refractivity contribution in [3.8, 4) is 0 Å². The molecule has 0 radical (unpaired) electrons. The fraction of sp³-hybridized carbons (Fsp3) is 0.593. The molecule has 6 N–H and O–H groups in total. The van der Waals surface area contributed by atoms with Crippen LogP contribution in [-0.2, 0) is 28.7 Å². The zero-order valence-corrected chi connectivity index (χ0v) is 23.6. The molecule has 1 aliphatic rings. The van der Waals surface area contributed by atoms with Gasteiger partial charge in [0.1, 0.15) is 18.7 Å². The van der Waals surface area contributed by atoms with E-state index in [-0.39, 0.29) is 38.0 Å². The summed E-state index contributed by atoms with van der Waals surface area (Å²) in [4.78, 5) is 64.7. The first-order chi connectivity index (χ1) is 18.2. The molecule has 12 heteroatoms. The number of ether oxygens (including phenoxy) is 1. The van der Waals surface area contributed by atoms with Gasteiger partial charge in [0.05, 0.1) is 18.7 Å². The summed E-state index contributed by atoms with van der Waals surface area (Å²) in [6.07, 6.45) is 0.193. The lowest BCUT2D eigenvalue weighted by molar-refractivity contribution is -0.144. The van der Waals surface area contributed by atoms with Crippen LogP contribution < -0.4 is 27.0 Å². The molecule has 1 fully saturated rings. The van der Waals surface area contributed by atoms with Gasteiger partial charge in [-0.25, -0.2) is 0 Å². The number of hydrogen-bond acceptors (Lipinski definition) is 7. The number of likely N-dealkylation sites (tertiary alicyclic amines) is 1. The van der Waals surface area contributed by atoms with Gasteiger partial charge in [-0.05, 0) is 31.4 Å². The fourth-order valence-electron chi connectivity index (χ4n) is 4.38.